The second-order valence-corrected chi connectivity index (χ2v) is 6.05. The lowest BCUT2D eigenvalue weighted by atomic mass is 9.95. The molecule has 0 amide bonds. The molecule has 0 atom stereocenters. The molecule has 0 fully saturated rings. The van der Waals surface area contributed by atoms with Crippen LogP contribution in [0.25, 0.3) is 0 Å². The normalized spacial score (nSPS) is 11.5. The van der Waals surface area contributed by atoms with E-state index in [0.717, 1.165) is 28.7 Å². The summed E-state index contributed by atoms with van der Waals surface area (Å²) in [6.07, 6.45) is 0. The molecule has 0 aromatic carbocycles. The Kier molecular flexibility index (Phi) is 4.13. The van der Waals surface area contributed by atoms with Crippen LogP contribution in [0, 0.1) is 13.8 Å². The van der Waals surface area contributed by atoms with E-state index < -0.39 is 0 Å². The molecule has 114 valence electrons. The molecule has 2 aromatic rings. The third-order valence-electron chi connectivity index (χ3n) is 3.07. The van der Waals surface area contributed by atoms with Crippen molar-refractivity contribution in [2.75, 3.05) is 10.7 Å². The Morgan fingerprint density at radius 1 is 1.19 bits per heavy atom. The summed E-state index contributed by atoms with van der Waals surface area (Å²) >= 11 is 0. The van der Waals surface area contributed by atoms with E-state index in [9.17, 15) is 0 Å². The predicted molar refractivity (Wildman–Crippen MR) is 81.8 cm³/mol. The quantitative estimate of drug-likeness (QED) is 0.586. The molecule has 0 aliphatic carbocycles. The predicted octanol–water partition coefficient (Wildman–Crippen LogP) is 2.28. The molecular weight excluding hydrogens is 268 g/mol. The largest absolute Gasteiger partial charge is 0.364 e. The Hall–Kier alpha value is -2.15. The van der Waals surface area contributed by atoms with E-state index in [1.165, 1.54) is 0 Å². The van der Waals surface area contributed by atoms with Crippen LogP contribution in [-0.4, -0.2) is 15.1 Å². The van der Waals surface area contributed by atoms with Crippen molar-refractivity contribution in [2.24, 2.45) is 5.84 Å². The molecule has 0 aliphatic heterocycles. The van der Waals surface area contributed by atoms with Crippen molar-refractivity contribution in [3.05, 3.63) is 28.9 Å². The average molecular weight is 290 g/mol. The van der Waals surface area contributed by atoms with Gasteiger partial charge in [0.15, 0.2) is 0 Å². The van der Waals surface area contributed by atoms with Gasteiger partial charge in [0.25, 0.3) is 0 Å². The highest BCUT2D eigenvalue weighted by molar-refractivity contribution is 5.57. The van der Waals surface area contributed by atoms with Crippen molar-refractivity contribution < 1.29 is 4.52 Å². The number of aryl methyl sites for hydroxylation is 1. The number of nitrogens with zero attached hydrogens (tertiary/aromatic N) is 3. The summed E-state index contributed by atoms with van der Waals surface area (Å²) < 4.78 is 5.05. The summed E-state index contributed by atoms with van der Waals surface area (Å²) in [6.45, 7) is 10.5. The number of hydrogen-bond donors (Lipinski definition) is 3. The number of aromatic nitrogens is 3. The Morgan fingerprint density at radius 2 is 1.86 bits per heavy atom. The van der Waals surface area contributed by atoms with Crippen LogP contribution >= 0.6 is 0 Å². The highest BCUT2D eigenvalue weighted by Gasteiger charge is 2.21. The highest BCUT2D eigenvalue weighted by Crippen LogP contribution is 2.26. The number of rotatable bonds is 4. The first kappa shape index (κ1) is 15.2. The van der Waals surface area contributed by atoms with Gasteiger partial charge in [0, 0.05) is 17.0 Å². The molecular formula is C14H22N6O. The third-order valence-corrected chi connectivity index (χ3v) is 3.07. The van der Waals surface area contributed by atoms with Crippen molar-refractivity contribution in [2.45, 2.75) is 46.6 Å². The minimum atomic E-state index is -0.166. The standard InChI is InChI=1S/C14H22N6O/c1-8-6-10(20-21-8)7-16-11-9(2)12(19-15)18-13(17-11)14(3,4)5/h6H,7,15H2,1-5H3,(H2,16,17,18,19). The van der Waals surface area contributed by atoms with Gasteiger partial charge in [-0.15, -0.1) is 0 Å². The zero-order chi connectivity index (χ0) is 15.6. The van der Waals surface area contributed by atoms with Crippen LogP contribution in [-0.2, 0) is 12.0 Å². The fourth-order valence-electron chi connectivity index (χ4n) is 1.84. The van der Waals surface area contributed by atoms with Gasteiger partial charge in [-0.05, 0) is 13.8 Å². The molecule has 0 bridgehead atoms. The summed E-state index contributed by atoms with van der Waals surface area (Å²) in [5.41, 5.74) is 4.15. The van der Waals surface area contributed by atoms with Crippen molar-refractivity contribution in [3.8, 4) is 0 Å². The number of hydrazine groups is 1. The molecule has 0 spiro atoms. The summed E-state index contributed by atoms with van der Waals surface area (Å²) in [7, 11) is 0. The van der Waals surface area contributed by atoms with Crippen molar-refractivity contribution in [1.29, 1.82) is 0 Å². The highest BCUT2D eigenvalue weighted by atomic mass is 16.5. The van der Waals surface area contributed by atoms with Crippen LogP contribution in [0.3, 0.4) is 0 Å². The van der Waals surface area contributed by atoms with Gasteiger partial charge < -0.3 is 15.3 Å². The maximum atomic E-state index is 5.55. The zero-order valence-electron chi connectivity index (χ0n) is 13.1. The SMILES string of the molecule is Cc1cc(CNc2nc(C(C)(C)C)nc(NN)c2C)no1. The van der Waals surface area contributed by atoms with Crippen LogP contribution in [0.4, 0.5) is 11.6 Å². The molecule has 21 heavy (non-hydrogen) atoms. The zero-order valence-corrected chi connectivity index (χ0v) is 13.1. The van der Waals surface area contributed by atoms with Gasteiger partial charge in [-0.3, -0.25) is 0 Å². The van der Waals surface area contributed by atoms with Gasteiger partial charge in [-0.1, -0.05) is 25.9 Å². The van der Waals surface area contributed by atoms with Gasteiger partial charge >= 0.3 is 0 Å². The molecule has 0 radical (unpaired) electrons. The van der Waals surface area contributed by atoms with E-state index in [2.05, 4.69) is 46.6 Å². The maximum Gasteiger partial charge on any atom is 0.148 e. The Labute approximate surface area is 124 Å². The molecule has 0 unspecified atom stereocenters. The first-order valence-corrected chi connectivity index (χ1v) is 6.83. The lowest BCUT2D eigenvalue weighted by Crippen LogP contribution is -2.21. The molecule has 2 aromatic heterocycles. The second-order valence-electron chi connectivity index (χ2n) is 6.05. The molecule has 0 saturated heterocycles. The fourth-order valence-corrected chi connectivity index (χ4v) is 1.84. The smallest absolute Gasteiger partial charge is 0.148 e. The number of nitrogens with two attached hydrogens (primary N) is 1. The van der Waals surface area contributed by atoms with Gasteiger partial charge in [0.05, 0.1) is 6.54 Å². The maximum absolute atomic E-state index is 5.55. The van der Waals surface area contributed by atoms with Crippen LogP contribution < -0.4 is 16.6 Å². The van der Waals surface area contributed by atoms with E-state index in [1.54, 1.807) is 0 Å². The van der Waals surface area contributed by atoms with E-state index in [-0.39, 0.29) is 5.41 Å². The van der Waals surface area contributed by atoms with E-state index in [4.69, 9.17) is 10.4 Å². The fraction of sp³-hybridized carbons (Fsp3) is 0.500. The van der Waals surface area contributed by atoms with Crippen molar-refractivity contribution in [1.82, 2.24) is 15.1 Å². The monoisotopic (exact) mass is 290 g/mol. The summed E-state index contributed by atoms with van der Waals surface area (Å²) in [5.74, 6) is 8.41. The lowest BCUT2D eigenvalue weighted by molar-refractivity contribution is 0.391. The minimum Gasteiger partial charge on any atom is -0.364 e. The first-order chi connectivity index (χ1) is 9.81. The first-order valence-electron chi connectivity index (χ1n) is 6.83. The van der Waals surface area contributed by atoms with Gasteiger partial charge in [-0.25, -0.2) is 15.8 Å². The Morgan fingerprint density at radius 3 is 2.38 bits per heavy atom. The molecule has 0 aliphatic rings. The van der Waals surface area contributed by atoms with E-state index in [1.807, 2.05) is 19.9 Å². The van der Waals surface area contributed by atoms with Gasteiger partial charge in [-0.2, -0.15) is 0 Å². The third kappa shape index (κ3) is 3.49. The summed E-state index contributed by atoms with van der Waals surface area (Å²) in [5, 5.41) is 7.21. The topological polar surface area (TPSA) is 102 Å². The van der Waals surface area contributed by atoms with Crippen molar-refractivity contribution >= 4 is 11.6 Å². The summed E-state index contributed by atoms with van der Waals surface area (Å²) in [4.78, 5) is 9.06. The van der Waals surface area contributed by atoms with Crippen molar-refractivity contribution in [3.63, 3.8) is 0 Å². The molecule has 4 N–H and O–H groups in total. The van der Waals surface area contributed by atoms with E-state index in [0.29, 0.717) is 12.4 Å². The number of nitrogens with one attached hydrogen (secondary N) is 2. The second kappa shape index (κ2) is 5.69. The van der Waals surface area contributed by atoms with Crippen LogP contribution in [0.15, 0.2) is 10.6 Å². The summed E-state index contributed by atoms with van der Waals surface area (Å²) in [6, 6.07) is 1.89. The number of hydrogen-bond acceptors (Lipinski definition) is 7. The van der Waals surface area contributed by atoms with Gasteiger partial charge in [0.1, 0.15) is 28.9 Å². The van der Waals surface area contributed by atoms with Crippen LogP contribution in [0.5, 0.6) is 0 Å². The molecule has 7 heteroatoms. The number of anilines is 2. The molecule has 2 heterocycles. The Bertz CT molecular complexity index is 629. The average Bonchev–Trinajstić information content (AvgIpc) is 2.82. The van der Waals surface area contributed by atoms with E-state index >= 15 is 0 Å². The Balaban J connectivity index is 2.28. The van der Waals surface area contributed by atoms with Gasteiger partial charge in [0.2, 0.25) is 0 Å². The van der Waals surface area contributed by atoms with Crippen LogP contribution in [0.1, 0.15) is 43.6 Å². The molecule has 2 rings (SSSR count). The minimum absolute atomic E-state index is 0.166. The lowest BCUT2D eigenvalue weighted by Gasteiger charge is -2.20. The van der Waals surface area contributed by atoms with Crippen LogP contribution in [0.2, 0.25) is 0 Å². The molecule has 7 nitrogen and oxygen atoms in total. The number of nitrogen functional groups attached to an aromatic ring is 1. The molecule has 0 saturated carbocycles.